The highest BCUT2D eigenvalue weighted by molar-refractivity contribution is 6.00. The zero-order valence-electron chi connectivity index (χ0n) is 18.0. The molecule has 3 aromatic rings. The van der Waals surface area contributed by atoms with Gasteiger partial charge in [-0.3, -0.25) is 19.7 Å². The molecule has 0 aliphatic carbocycles. The second-order valence-corrected chi connectivity index (χ2v) is 7.22. The van der Waals surface area contributed by atoms with Gasteiger partial charge in [0.1, 0.15) is 18.1 Å². The van der Waals surface area contributed by atoms with Crippen LogP contribution in [0, 0.1) is 20.8 Å². The van der Waals surface area contributed by atoms with Gasteiger partial charge < -0.3 is 14.8 Å². The van der Waals surface area contributed by atoms with Crippen molar-refractivity contribution in [2.45, 2.75) is 20.8 Å². The largest absolute Gasteiger partial charge is 0.492 e. The van der Waals surface area contributed by atoms with E-state index < -0.39 is 0 Å². The third kappa shape index (κ3) is 6.37. The van der Waals surface area contributed by atoms with Crippen LogP contribution in [0.3, 0.4) is 0 Å². The highest BCUT2D eigenvalue weighted by Gasteiger charge is 2.09. The number of carbonyl (C=O) groups excluding carboxylic acids is 2. The van der Waals surface area contributed by atoms with Gasteiger partial charge in [-0.05, 0) is 74.9 Å². The van der Waals surface area contributed by atoms with Crippen molar-refractivity contribution in [1.82, 2.24) is 9.99 Å². The summed E-state index contributed by atoms with van der Waals surface area (Å²) in [5.41, 5.74) is 6.36. The Hall–Kier alpha value is -3.74. The first-order valence-electron chi connectivity index (χ1n) is 10.1. The predicted molar refractivity (Wildman–Crippen MR) is 119 cm³/mol. The number of aryl methyl sites for hydroxylation is 3. The molecule has 7 heteroatoms. The molecule has 7 nitrogen and oxygen atoms in total. The Labute approximate surface area is 182 Å². The average Bonchev–Trinajstić information content (AvgIpc) is 3.07. The smallest absolute Gasteiger partial charge is 0.270 e. The van der Waals surface area contributed by atoms with Gasteiger partial charge in [0.2, 0.25) is 0 Å². The molecule has 0 aliphatic rings. The van der Waals surface area contributed by atoms with E-state index in [4.69, 9.17) is 9.47 Å². The molecule has 1 heterocycles. The molecule has 31 heavy (non-hydrogen) atoms. The van der Waals surface area contributed by atoms with Crippen molar-refractivity contribution in [3.8, 4) is 11.5 Å². The molecule has 0 saturated carbocycles. The normalized spacial score (nSPS) is 10.4. The molecule has 0 bridgehead atoms. The lowest BCUT2D eigenvalue weighted by atomic mass is 10.2. The Balaban J connectivity index is 1.39. The standard InChI is InChI=1S/C24H27N3O4/c1-17-5-4-6-22(15-17)30-14-13-25-23(28)16-31-21-11-9-20(10-12-21)24(29)26-27-18(2)7-8-19(27)3/h4-12,15H,13-14,16H2,1-3H3,(H,25,28)(H,26,29). The number of rotatable bonds is 9. The first kappa shape index (κ1) is 22.0. The summed E-state index contributed by atoms with van der Waals surface area (Å²) in [6.45, 7) is 6.48. The summed E-state index contributed by atoms with van der Waals surface area (Å²) in [4.78, 5) is 24.4. The van der Waals surface area contributed by atoms with Crippen molar-refractivity contribution in [2.24, 2.45) is 0 Å². The van der Waals surface area contributed by atoms with E-state index in [-0.39, 0.29) is 18.4 Å². The van der Waals surface area contributed by atoms with Crippen molar-refractivity contribution >= 4 is 11.8 Å². The van der Waals surface area contributed by atoms with Crippen LogP contribution < -0.4 is 20.2 Å². The molecule has 0 aliphatic heterocycles. The zero-order chi connectivity index (χ0) is 22.2. The minimum atomic E-state index is -0.242. The SMILES string of the molecule is Cc1cccc(OCCNC(=O)COc2ccc(C(=O)Nn3c(C)ccc3C)cc2)c1. The third-order valence-electron chi connectivity index (χ3n) is 4.65. The molecule has 0 saturated heterocycles. The number of amides is 2. The summed E-state index contributed by atoms with van der Waals surface area (Å²) in [7, 11) is 0. The van der Waals surface area contributed by atoms with Crippen LogP contribution in [0.4, 0.5) is 0 Å². The Bertz CT molecular complexity index is 1020. The lowest BCUT2D eigenvalue weighted by Gasteiger charge is -2.12. The molecule has 0 atom stereocenters. The minimum absolute atomic E-state index is 0.113. The number of carbonyl (C=O) groups is 2. The van der Waals surface area contributed by atoms with E-state index in [1.54, 1.807) is 28.9 Å². The zero-order valence-corrected chi connectivity index (χ0v) is 18.0. The number of benzene rings is 2. The fraction of sp³-hybridized carbons (Fsp3) is 0.250. The maximum absolute atomic E-state index is 12.4. The van der Waals surface area contributed by atoms with E-state index in [1.165, 1.54) is 0 Å². The van der Waals surface area contributed by atoms with Gasteiger partial charge in [0.25, 0.3) is 11.8 Å². The summed E-state index contributed by atoms with van der Waals surface area (Å²) >= 11 is 0. The van der Waals surface area contributed by atoms with E-state index >= 15 is 0 Å². The quantitative estimate of drug-likeness (QED) is 0.519. The van der Waals surface area contributed by atoms with Crippen LogP contribution in [0.15, 0.2) is 60.7 Å². The average molecular weight is 421 g/mol. The Kier molecular flexibility index (Phi) is 7.32. The number of aromatic nitrogens is 1. The maximum Gasteiger partial charge on any atom is 0.270 e. The molecule has 0 radical (unpaired) electrons. The van der Waals surface area contributed by atoms with Crippen LogP contribution >= 0.6 is 0 Å². The lowest BCUT2D eigenvalue weighted by Crippen LogP contribution is -2.32. The number of nitrogens with zero attached hydrogens (tertiary/aromatic N) is 1. The van der Waals surface area contributed by atoms with Crippen LogP contribution in [0.25, 0.3) is 0 Å². The summed E-state index contributed by atoms with van der Waals surface area (Å²) < 4.78 is 12.8. The molecule has 2 N–H and O–H groups in total. The van der Waals surface area contributed by atoms with Crippen LogP contribution in [0.2, 0.25) is 0 Å². The first-order chi connectivity index (χ1) is 14.9. The molecular weight excluding hydrogens is 394 g/mol. The van der Waals surface area contributed by atoms with Crippen LogP contribution in [-0.4, -0.2) is 36.2 Å². The topological polar surface area (TPSA) is 81.6 Å². The van der Waals surface area contributed by atoms with E-state index in [0.29, 0.717) is 24.5 Å². The van der Waals surface area contributed by atoms with Gasteiger partial charge in [-0.15, -0.1) is 0 Å². The van der Waals surface area contributed by atoms with Crippen LogP contribution in [0.1, 0.15) is 27.3 Å². The molecule has 0 unspecified atom stereocenters. The molecule has 1 aromatic heterocycles. The Morgan fingerprint density at radius 3 is 2.26 bits per heavy atom. The van der Waals surface area contributed by atoms with Gasteiger partial charge in [-0.1, -0.05) is 12.1 Å². The molecule has 0 spiro atoms. The maximum atomic E-state index is 12.4. The highest BCUT2D eigenvalue weighted by Crippen LogP contribution is 2.14. The van der Waals surface area contributed by atoms with Crippen LogP contribution in [-0.2, 0) is 4.79 Å². The fourth-order valence-corrected chi connectivity index (χ4v) is 2.98. The van der Waals surface area contributed by atoms with Gasteiger partial charge in [-0.25, -0.2) is 0 Å². The van der Waals surface area contributed by atoms with E-state index in [2.05, 4.69) is 10.7 Å². The Morgan fingerprint density at radius 2 is 1.58 bits per heavy atom. The van der Waals surface area contributed by atoms with Crippen LogP contribution in [0.5, 0.6) is 11.5 Å². The molecule has 0 fully saturated rings. The summed E-state index contributed by atoms with van der Waals surface area (Å²) in [6.07, 6.45) is 0. The molecular formula is C24H27N3O4. The van der Waals surface area contributed by atoms with E-state index in [9.17, 15) is 9.59 Å². The number of nitrogens with one attached hydrogen (secondary N) is 2. The van der Waals surface area contributed by atoms with Crippen molar-refractivity contribution < 1.29 is 19.1 Å². The number of hydrogen-bond acceptors (Lipinski definition) is 4. The fourth-order valence-electron chi connectivity index (χ4n) is 2.98. The second kappa shape index (κ2) is 10.3. The number of hydrogen-bond donors (Lipinski definition) is 2. The minimum Gasteiger partial charge on any atom is -0.492 e. The second-order valence-electron chi connectivity index (χ2n) is 7.22. The molecule has 3 rings (SSSR count). The van der Waals surface area contributed by atoms with E-state index in [1.807, 2.05) is 57.2 Å². The van der Waals surface area contributed by atoms with Crippen molar-refractivity contribution in [1.29, 1.82) is 0 Å². The monoisotopic (exact) mass is 421 g/mol. The molecule has 2 amide bonds. The summed E-state index contributed by atoms with van der Waals surface area (Å²) in [5, 5.41) is 2.75. The van der Waals surface area contributed by atoms with Gasteiger partial charge in [-0.2, -0.15) is 0 Å². The van der Waals surface area contributed by atoms with E-state index in [0.717, 1.165) is 22.7 Å². The van der Waals surface area contributed by atoms with Gasteiger partial charge >= 0.3 is 0 Å². The third-order valence-corrected chi connectivity index (χ3v) is 4.65. The van der Waals surface area contributed by atoms with Crippen molar-refractivity contribution in [3.63, 3.8) is 0 Å². The highest BCUT2D eigenvalue weighted by atomic mass is 16.5. The van der Waals surface area contributed by atoms with Crippen molar-refractivity contribution in [2.75, 3.05) is 25.2 Å². The molecule has 2 aromatic carbocycles. The Morgan fingerprint density at radius 1 is 0.871 bits per heavy atom. The summed E-state index contributed by atoms with van der Waals surface area (Å²) in [6, 6.07) is 18.3. The predicted octanol–water partition coefficient (Wildman–Crippen LogP) is 3.37. The summed E-state index contributed by atoms with van der Waals surface area (Å²) in [5.74, 6) is 0.821. The van der Waals surface area contributed by atoms with Crippen molar-refractivity contribution in [3.05, 3.63) is 83.2 Å². The first-order valence-corrected chi connectivity index (χ1v) is 10.1. The molecule has 162 valence electrons. The van der Waals surface area contributed by atoms with Gasteiger partial charge in [0.15, 0.2) is 6.61 Å². The van der Waals surface area contributed by atoms with Gasteiger partial charge in [0.05, 0.1) is 6.54 Å². The lowest BCUT2D eigenvalue weighted by molar-refractivity contribution is -0.123. The number of ether oxygens (including phenoxy) is 2. The van der Waals surface area contributed by atoms with Gasteiger partial charge in [0, 0.05) is 17.0 Å².